The lowest BCUT2D eigenvalue weighted by Crippen LogP contribution is -2.07. The lowest BCUT2D eigenvalue weighted by atomic mass is 10.2. The van der Waals surface area contributed by atoms with Gasteiger partial charge in [0.05, 0.1) is 12.7 Å². The number of rotatable bonds is 8. The molecule has 0 aromatic heterocycles. The molecule has 0 aliphatic heterocycles. The van der Waals surface area contributed by atoms with Crippen LogP contribution in [0.25, 0.3) is 0 Å². The molecular weight excluding hydrogens is 152 g/mol. The zero-order valence-electron chi connectivity index (χ0n) is 8.64. The second-order valence-corrected chi connectivity index (χ2v) is 3.20. The van der Waals surface area contributed by atoms with Gasteiger partial charge in [-0.3, -0.25) is 0 Å². The first-order valence-corrected chi connectivity index (χ1v) is 5.09. The van der Waals surface area contributed by atoms with Gasteiger partial charge in [-0.05, 0) is 19.8 Å². The second-order valence-electron chi connectivity index (χ2n) is 3.20. The first-order chi connectivity index (χ1) is 5.81. The molecule has 0 heterocycles. The van der Waals surface area contributed by atoms with E-state index in [4.69, 9.17) is 9.78 Å². The molecule has 0 aromatic rings. The summed E-state index contributed by atoms with van der Waals surface area (Å²) in [4.78, 5) is 10.1. The SMILES string of the molecule is CCCCCCOOC(C)CC. The normalized spacial score (nSPS) is 13.2. The van der Waals surface area contributed by atoms with E-state index in [2.05, 4.69) is 13.8 Å². The Labute approximate surface area is 76.2 Å². The third kappa shape index (κ3) is 8.02. The van der Waals surface area contributed by atoms with E-state index in [1.807, 2.05) is 6.92 Å². The van der Waals surface area contributed by atoms with E-state index in [0.717, 1.165) is 19.4 Å². The van der Waals surface area contributed by atoms with Gasteiger partial charge in [0.2, 0.25) is 0 Å². The van der Waals surface area contributed by atoms with E-state index in [0.29, 0.717) is 0 Å². The topological polar surface area (TPSA) is 18.5 Å². The van der Waals surface area contributed by atoms with Crippen molar-refractivity contribution in [1.29, 1.82) is 0 Å². The van der Waals surface area contributed by atoms with Gasteiger partial charge in [0, 0.05) is 0 Å². The molecular formula is C10H22O2. The smallest absolute Gasteiger partial charge is 0.0899 e. The van der Waals surface area contributed by atoms with Crippen LogP contribution in [0.15, 0.2) is 0 Å². The van der Waals surface area contributed by atoms with Crippen LogP contribution in [0.3, 0.4) is 0 Å². The summed E-state index contributed by atoms with van der Waals surface area (Å²) in [5.74, 6) is 0. The number of hydrogen-bond acceptors (Lipinski definition) is 2. The molecule has 0 aromatic carbocycles. The average Bonchev–Trinajstić information content (AvgIpc) is 2.10. The van der Waals surface area contributed by atoms with Gasteiger partial charge in [-0.2, -0.15) is 0 Å². The van der Waals surface area contributed by atoms with Crippen LogP contribution in [-0.4, -0.2) is 12.7 Å². The highest BCUT2D eigenvalue weighted by Gasteiger charge is 1.97. The van der Waals surface area contributed by atoms with Gasteiger partial charge in [0.1, 0.15) is 0 Å². The van der Waals surface area contributed by atoms with Crippen molar-refractivity contribution in [2.45, 2.75) is 59.0 Å². The average molecular weight is 174 g/mol. The molecule has 0 aliphatic carbocycles. The minimum absolute atomic E-state index is 0.233. The summed E-state index contributed by atoms with van der Waals surface area (Å²) in [6.07, 6.45) is 6.18. The quantitative estimate of drug-likeness (QED) is 0.319. The molecule has 1 atom stereocenters. The van der Waals surface area contributed by atoms with E-state index >= 15 is 0 Å². The van der Waals surface area contributed by atoms with Crippen LogP contribution in [0.4, 0.5) is 0 Å². The highest BCUT2D eigenvalue weighted by molar-refractivity contribution is 4.40. The number of hydrogen-bond donors (Lipinski definition) is 0. The van der Waals surface area contributed by atoms with Gasteiger partial charge < -0.3 is 0 Å². The molecule has 0 spiro atoms. The fourth-order valence-electron chi connectivity index (χ4n) is 0.820. The van der Waals surface area contributed by atoms with Crippen molar-refractivity contribution in [3.05, 3.63) is 0 Å². The van der Waals surface area contributed by atoms with Crippen molar-refractivity contribution in [3.63, 3.8) is 0 Å². The first-order valence-electron chi connectivity index (χ1n) is 5.09. The van der Waals surface area contributed by atoms with E-state index in [-0.39, 0.29) is 6.10 Å². The van der Waals surface area contributed by atoms with Crippen molar-refractivity contribution < 1.29 is 9.78 Å². The molecule has 2 heteroatoms. The van der Waals surface area contributed by atoms with Crippen LogP contribution < -0.4 is 0 Å². The Hall–Kier alpha value is -0.0800. The summed E-state index contributed by atoms with van der Waals surface area (Å²) in [7, 11) is 0. The van der Waals surface area contributed by atoms with Crippen molar-refractivity contribution in [2.24, 2.45) is 0 Å². The lowest BCUT2D eigenvalue weighted by Gasteiger charge is -2.08. The van der Waals surface area contributed by atoms with Gasteiger partial charge in [-0.15, -0.1) is 0 Å². The largest absolute Gasteiger partial charge is 0.236 e. The lowest BCUT2D eigenvalue weighted by molar-refractivity contribution is -0.321. The molecule has 0 amide bonds. The van der Waals surface area contributed by atoms with Crippen LogP contribution in [0.1, 0.15) is 52.9 Å². The van der Waals surface area contributed by atoms with Crippen molar-refractivity contribution in [1.82, 2.24) is 0 Å². The Morgan fingerprint density at radius 2 is 1.83 bits per heavy atom. The summed E-state index contributed by atoms with van der Waals surface area (Å²) in [6, 6.07) is 0. The molecule has 1 unspecified atom stereocenters. The Morgan fingerprint density at radius 3 is 2.42 bits per heavy atom. The maximum Gasteiger partial charge on any atom is 0.0899 e. The van der Waals surface area contributed by atoms with Gasteiger partial charge in [-0.25, -0.2) is 9.78 Å². The molecule has 0 N–H and O–H groups in total. The molecule has 0 rings (SSSR count). The third-order valence-electron chi connectivity index (χ3n) is 1.89. The van der Waals surface area contributed by atoms with Crippen LogP contribution >= 0.6 is 0 Å². The molecule has 0 saturated heterocycles. The summed E-state index contributed by atoms with van der Waals surface area (Å²) in [5.41, 5.74) is 0. The van der Waals surface area contributed by atoms with Gasteiger partial charge in [0.15, 0.2) is 0 Å². The van der Waals surface area contributed by atoms with Crippen LogP contribution in [0, 0.1) is 0 Å². The molecule has 0 fully saturated rings. The molecule has 0 saturated carbocycles. The minimum Gasteiger partial charge on any atom is -0.236 e. The predicted octanol–water partition coefficient (Wildman–Crippen LogP) is 3.31. The molecule has 0 bridgehead atoms. The molecule has 12 heavy (non-hydrogen) atoms. The molecule has 0 radical (unpaired) electrons. The van der Waals surface area contributed by atoms with Crippen LogP contribution in [0.2, 0.25) is 0 Å². The van der Waals surface area contributed by atoms with E-state index in [9.17, 15) is 0 Å². The highest BCUT2D eigenvalue weighted by atomic mass is 17.2. The maximum absolute atomic E-state index is 5.07. The summed E-state index contributed by atoms with van der Waals surface area (Å²) in [5, 5.41) is 0. The van der Waals surface area contributed by atoms with Gasteiger partial charge in [0.25, 0.3) is 0 Å². The zero-order chi connectivity index (χ0) is 9.23. The Bertz CT molecular complexity index is 83.9. The minimum atomic E-state index is 0.233. The molecule has 2 nitrogen and oxygen atoms in total. The highest BCUT2D eigenvalue weighted by Crippen LogP contribution is 2.01. The first kappa shape index (κ1) is 11.9. The fourth-order valence-corrected chi connectivity index (χ4v) is 0.820. The number of unbranched alkanes of at least 4 members (excludes halogenated alkanes) is 3. The van der Waals surface area contributed by atoms with Crippen molar-refractivity contribution in [3.8, 4) is 0 Å². The summed E-state index contributed by atoms with van der Waals surface area (Å²) >= 11 is 0. The summed E-state index contributed by atoms with van der Waals surface area (Å²) in [6.45, 7) is 7.05. The van der Waals surface area contributed by atoms with Crippen molar-refractivity contribution >= 4 is 0 Å². The monoisotopic (exact) mass is 174 g/mol. The van der Waals surface area contributed by atoms with E-state index in [1.165, 1.54) is 19.3 Å². The molecule has 0 aliphatic rings. The van der Waals surface area contributed by atoms with Gasteiger partial charge >= 0.3 is 0 Å². The maximum atomic E-state index is 5.07. The second kappa shape index (κ2) is 9.01. The summed E-state index contributed by atoms with van der Waals surface area (Å²) < 4.78 is 0. The Balaban J connectivity index is 2.90. The Kier molecular flexibility index (Phi) is 8.95. The predicted molar refractivity (Wildman–Crippen MR) is 50.9 cm³/mol. The standard InChI is InChI=1S/C10H22O2/c1-4-6-7-8-9-11-12-10(3)5-2/h10H,4-9H2,1-3H3. The third-order valence-corrected chi connectivity index (χ3v) is 1.89. The van der Waals surface area contributed by atoms with Gasteiger partial charge in [-0.1, -0.05) is 33.1 Å². The van der Waals surface area contributed by atoms with Crippen LogP contribution in [0.5, 0.6) is 0 Å². The van der Waals surface area contributed by atoms with E-state index in [1.54, 1.807) is 0 Å². The van der Waals surface area contributed by atoms with Crippen molar-refractivity contribution in [2.75, 3.05) is 6.61 Å². The Morgan fingerprint density at radius 1 is 1.08 bits per heavy atom. The fraction of sp³-hybridized carbons (Fsp3) is 1.00. The van der Waals surface area contributed by atoms with E-state index < -0.39 is 0 Å². The van der Waals surface area contributed by atoms with Crippen LogP contribution in [-0.2, 0) is 9.78 Å². The zero-order valence-corrected chi connectivity index (χ0v) is 8.64. The molecule has 74 valence electrons.